The molecule has 0 aliphatic carbocycles. The summed E-state index contributed by atoms with van der Waals surface area (Å²) in [6, 6.07) is 0. The molecule has 0 aliphatic rings. The van der Waals surface area contributed by atoms with E-state index in [1.807, 2.05) is 5.38 Å². The van der Waals surface area contributed by atoms with Gasteiger partial charge in [-0.05, 0) is 12.3 Å². The zero-order valence-electron chi connectivity index (χ0n) is 6.82. The van der Waals surface area contributed by atoms with Crippen LogP contribution in [-0.4, -0.2) is 10.1 Å². The van der Waals surface area contributed by atoms with Gasteiger partial charge in [0.05, 0.1) is 0 Å². The van der Waals surface area contributed by atoms with Crippen LogP contribution in [0.2, 0.25) is 0 Å². The first kappa shape index (κ1) is 8.68. The Bertz CT molecular complexity index is 196. The summed E-state index contributed by atoms with van der Waals surface area (Å²) in [5, 5.41) is 12.2. The number of aliphatic hydroxyl groups is 1. The molecule has 0 spiro atoms. The minimum atomic E-state index is -0.366. The van der Waals surface area contributed by atoms with Crippen molar-refractivity contribution in [2.24, 2.45) is 5.92 Å². The van der Waals surface area contributed by atoms with Crippen LogP contribution >= 0.6 is 11.3 Å². The van der Waals surface area contributed by atoms with Crippen LogP contribution < -0.4 is 0 Å². The summed E-state index contributed by atoms with van der Waals surface area (Å²) >= 11 is 1.51. The van der Waals surface area contributed by atoms with Crippen LogP contribution in [0.5, 0.6) is 0 Å². The lowest BCUT2D eigenvalue weighted by molar-refractivity contribution is 0.150. The van der Waals surface area contributed by atoms with Gasteiger partial charge < -0.3 is 5.11 Å². The molecule has 1 rings (SSSR count). The third kappa shape index (κ3) is 2.60. The van der Waals surface area contributed by atoms with Crippen molar-refractivity contribution in [3.05, 3.63) is 16.6 Å². The first-order valence-electron chi connectivity index (χ1n) is 3.77. The summed E-state index contributed by atoms with van der Waals surface area (Å²) in [6.07, 6.45) is 2.16. The molecule has 1 N–H and O–H groups in total. The average molecular weight is 171 g/mol. The lowest BCUT2D eigenvalue weighted by Gasteiger charge is -2.08. The fourth-order valence-electron chi connectivity index (χ4n) is 0.946. The summed E-state index contributed by atoms with van der Waals surface area (Å²) in [6.45, 7) is 4.19. The Morgan fingerprint density at radius 1 is 1.64 bits per heavy atom. The second-order valence-electron chi connectivity index (χ2n) is 3.02. The molecule has 62 valence electrons. The van der Waals surface area contributed by atoms with Crippen molar-refractivity contribution in [3.8, 4) is 0 Å². The quantitative estimate of drug-likeness (QED) is 0.756. The molecular formula is C8H13NOS. The summed E-state index contributed by atoms with van der Waals surface area (Å²) in [4.78, 5) is 4.04. The molecule has 0 saturated carbocycles. The number of aliphatic hydroxyl groups excluding tert-OH is 1. The fourth-order valence-corrected chi connectivity index (χ4v) is 1.58. The maximum atomic E-state index is 9.53. The van der Waals surface area contributed by atoms with Crippen molar-refractivity contribution in [1.29, 1.82) is 0 Å². The summed E-state index contributed by atoms with van der Waals surface area (Å²) < 4.78 is 0. The summed E-state index contributed by atoms with van der Waals surface area (Å²) in [7, 11) is 0. The van der Waals surface area contributed by atoms with E-state index < -0.39 is 0 Å². The van der Waals surface area contributed by atoms with E-state index in [1.165, 1.54) is 11.3 Å². The molecule has 2 nitrogen and oxygen atoms in total. The van der Waals surface area contributed by atoms with Crippen LogP contribution in [0.15, 0.2) is 11.6 Å². The highest BCUT2D eigenvalue weighted by atomic mass is 32.1. The zero-order valence-corrected chi connectivity index (χ0v) is 7.64. The van der Waals surface area contributed by atoms with Gasteiger partial charge in [0.15, 0.2) is 0 Å². The Kier molecular flexibility index (Phi) is 3.02. The van der Waals surface area contributed by atoms with Gasteiger partial charge in [-0.2, -0.15) is 0 Å². The lowest BCUT2D eigenvalue weighted by Crippen LogP contribution is -2.00. The van der Waals surface area contributed by atoms with Gasteiger partial charge in [0.1, 0.15) is 11.1 Å². The average Bonchev–Trinajstić information content (AvgIpc) is 2.35. The number of hydrogen-bond donors (Lipinski definition) is 1. The number of thiazole rings is 1. The van der Waals surface area contributed by atoms with Gasteiger partial charge in [0.25, 0.3) is 0 Å². The topological polar surface area (TPSA) is 33.1 Å². The lowest BCUT2D eigenvalue weighted by atomic mass is 10.1. The van der Waals surface area contributed by atoms with Crippen LogP contribution in [0, 0.1) is 5.92 Å². The third-order valence-corrected chi connectivity index (χ3v) is 2.31. The molecule has 0 amide bonds. The Balaban J connectivity index is 2.49. The minimum absolute atomic E-state index is 0.366. The second-order valence-corrected chi connectivity index (χ2v) is 3.94. The predicted octanol–water partition coefficient (Wildman–Crippen LogP) is 2.22. The summed E-state index contributed by atoms with van der Waals surface area (Å²) in [5.74, 6) is 0.522. The van der Waals surface area contributed by atoms with Crippen molar-refractivity contribution in [3.63, 3.8) is 0 Å². The van der Waals surface area contributed by atoms with E-state index in [1.54, 1.807) is 6.20 Å². The predicted molar refractivity (Wildman–Crippen MR) is 46.5 cm³/mol. The van der Waals surface area contributed by atoms with Gasteiger partial charge in [0, 0.05) is 11.6 Å². The first-order valence-corrected chi connectivity index (χ1v) is 4.65. The van der Waals surface area contributed by atoms with Crippen LogP contribution in [0.1, 0.15) is 31.4 Å². The normalized spacial score (nSPS) is 13.8. The van der Waals surface area contributed by atoms with Gasteiger partial charge in [0.2, 0.25) is 0 Å². The molecule has 3 heteroatoms. The third-order valence-electron chi connectivity index (χ3n) is 1.43. The molecule has 1 aromatic heterocycles. The smallest absolute Gasteiger partial charge is 0.121 e. The standard InChI is InChI=1S/C8H13NOS/c1-6(2)5-7(10)8-9-3-4-11-8/h3-4,6-7,10H,5H2,1-2H3. The Morgan fingerprint density at radius 2 is 2.36 bits per heavy atom. The molecule has 0 bridgehead atoms. The van der Waals surface area contributed by atoms with Crippen LogP contribution in [0.4, 0.5) is 0 Å². The van der Waals surface area contributed by atoms with Crippen molar-refractivity contribution < 1.29 is 5.11 Å². The van der Waals surface area contributed by atoms with Gasteiger partial charge >= 0.3 is 0 Å². The van der Waals surface area contributed by atoms with Crippen LogP contribution in [0.3, 0.4) is 0 Å². The molecule has 0 aromatic carbocycles. The summed E-state index contributed by atoms with van der Waals surface area (Å²) in [5.41, 5.74) is 0. The van der Waals surface area contributed by atoms with E-state index in [0.717, 1.165) is 11.4 Å². The maximum absolute atomic E-state index is 9.53. The van der Waals surface area contributed by atoms with Gasteiger partial charge in [-0.15, -0.1) is 11.3 Å². The highest BCUT2D eigenvalue weighted by Gasteiger charge is 2.11. The molecule has 1 heterocycles. The second kappa shape index (κ2) is 3.83. The zero-order chi connectivity index (χ0) is 8.27. The number of nitrogens with zero attached hydrogens (tertiary/aromatic N) is 1. The number of hydrogen-bond acceptors (Lipinski definition) is 3. The Labute approximate surface area is 70.9 Å². The Morgan fingerprint density at radius 3 is 2.82 bits per heavy atom. The van der Waals surface area contributed by atoms with Crippen LogP contribution in [-0.2, 0) is 0 Å². The van der Waals surface area contributed by atoms with Gasteiger partial charge in [-0.25, -0.2) is 4.98 Å². The molecule has 11 heavy (non-hydrogen) atoms. The fraction of sp³-hybridized carbons (Fsp3) is 0.625. The van der Waals surface area contributed by atoms with E-state index in [4.69, 9.17) is 0 Å². The minimum Gasteiger partial charge on any atom is -0.386 e. The Hall–Kier alpha value is -0.410. The SMILES string of the molecule is CC(C)CC(O)c1nccs1. The van der Waals surface area contributed by atoms with Gasteiger partial charge in [-0.1, -0.05) is 13.8 Å². The van der Waals surface area contributed by atoms with Crippen molar-refractivity contribution in [2.45, 2.75) is 26.4 Å². The van der Waals surface area contributed by atoms with Gasteiger partial charge in [-0.3, -0.25) is 0 Å². The van der Waals surface area contributed by atoms with Crippen LogP contribution in [0.25, 0.3) is 0 Å². The van der Waals surface area contributed by atoms with Crippen molar-refractivity contribution in [2.75, 3.05) is 0 Å². The molecule has 0 radical (unpaired) electrons. The largest absolute Gasteiger partial charge is 0.386 e. The molecule has 1 atom stereocenters. The molecule has 1 aromatic rings. The van der Waals surface area contributed by atoms with E-state index in [-0.39, 0.29) is 6.10 Å². The number of aromatic nitrogens is 1. The van der Waals surface area contributed by atoms with E-state index in [9.17, 15) is 5.11 Å². The van der Waals surface area contributed by atoms with E-state index in [2.05, 4.69) is 18.8 Å². The van der Waals surface area contributed by atoms with Crippen molar-refractivity contribution >= 4 is 11.3 Å². The molecule has 0 aliphatic heterocycles. The number of rotatable bonds is 3. The van der Waals surface area contributed by atoms with Crippen molar-refractivity contribution in [1.82, 2.24) is 4.98 Å². The van der Waals surface area contributed by atoms with E-state index in [0.29, 0.717) is 5.92 Å². The molecular weight excluding hydrogens is 158 g/mol. The first-order chi connectivity index (χ1) is 5.20. The molecule has 1 unspecified atom stereocenters. The highest BCUT2D eigenvalue weighted by molar-refractivity contribution is 7.09. The monoisotopic (exact) mass is 171 g/mol. The molecule has 0 fully saturated rings. The van der Waals surface area contributed by atoms with E-state index >= 15 is 0 Å². The highest BCUT2D eigenvalue weighted by Crippen LogP contribution is 2.21. The maximum Gasteiger partial charge on any atom is 0.121 e. The molecule has 0 saturated heterocycles.